The number of carbonyl (C=O) groups is 2. The summed E-state index contributed by atoms with van der Waals surface area (Å²) in [6, 6.07) is 6.59. The third kappa shape index (κ3) is 2.10. The highest BCUT2D eigenvalue weighted by Crippen LogP contribution is 2.36. The maximum atomic E-state index is 12.2. The zero-order chi connectivity index (χ0) is 14.1. The van der Waals surface area contributed by atoms with Gasteiger partial charge in [0, 0.05) is 12.2 Å². The topological polar surface area (TPSA) is 95.4 Å². The molecule has 0 saturated heterocycles. The Hall–Kier alpha value is -2.48. The molecular weight excluding hydrogens is 280 g/mol. The third-order valence-corrected chi connectivity index (χ3v) is 3.69. The summed E-state index contributed by atoms with van der Waals surface area (Å²) in [5.41, 5.74) is 2.77. The molecule has 0 radical (unpaired) electrons. The van der Waals surface area contributed by atoms with E-state index in [9.17, 15) is 14.7 Å². The first-order valence-corrected chi connectivity index (χ1v) is 6.71. The molecule has 1 aromatic carbocycles. The van der Waals surface area contributed by atoms with E-state index in [1.165, 1.54) is 21.7 Å². The number of carboxylic acids is 1. The van der Waals surface area contributed by atoms with Crippen molar-refractivity contribution < 1.29 is 14.7 Å². The minimum Gasteiger partial charge on any atom is -0.481 e. The first-order chi connectivity index (χ1) is 9.66. The third-order valence-electron chi connectivity index (χ3n) is 3.09. The van der Waals surface area contributed by atoms with Crippen molar-refractivity contribution in [2.75, 3.05) is 16.8 Å². The van der Waals surface area contributed by atoms with Crippen LogP contribution in [-0.2, 0) is 4.79 Å². The second-order valence-corrected chi connectivity index (χ2v) is 5.07. The molecule has 0 saturated carbocycles. The molecule has 2 heterocycles. The number of hydrogen-bond acceptors (Lipinski definition) is 5. The quantitative estimate of drug-likeness (QED) is 0.878. The average Bonchev–Trinajstić information content (AvgIpc) is 3.05. The van der Waals surface area contributed by atoms with Gasteiger partial charge < -0.3 is 5.11 Å². The number of carboxylic acid groups (broad SMARTS) is 1. The van der Waals surface area contributed by atoms with Gasteiger partial charge in [-0.3, -0.25) is 15.0 Å². The SMILES string of the molecule is O=C(O)C1CN(C(=O)Nc2nncs2)c2ccccc21. The zero-order valence-electron chi connectivity index (χ0n) is 10.2. The summed E-state index contributed by atoms with van der Waals surface area (Å²) in [6.07, 6.45) is 0. The molecule has 2 N–H and O–H groups in total. The van der Waals surface area contributed by atoms with E-state index in [-0.39, 0.29) is 6.54 Å². The largest absolute Gasteiger partial charge is 0.481 e. The van der Waals surface area contributed by atoms with Crippen LogP contribution in [0.4, 0.5) is 15.6 Å². The highest BCUT2D eigenvalue weighted by atomic mass is 32.1. The van der Waals surface area contributed by atoms with Gasteiger partial charge in [-0.05, 0) is 11.6 Å². The number of amides is 2. The van der Waals surface area contributed by atoms with Crippen LogP contribution < -0.4 is 10.2 Å². The van der Waals surface area contributed by atoms with Gasteiger partial charge in [-0.1, -0.05) is 29.5 Å². The van der Waals surface area contributed by atoms with Gasteiger partial charge in [0.1, 0.15) is 11.4 Å². The summed E-state index contributed by atoms with van der Waals surface area (Å²) in [6.45, 7) is 0.110. The fourth-order valence-electron chi connectivity index (χ4n) is 2.20. The Balaban J connectivity index is 1.88. The molecule has 1 aromatic heterocycles. The summed E-state index contributed by atoms with van der Waals surface area (Å²) in [5, 5.41) is 19.6. The van der Waals surface area contributed by atoms with Crippen molar-refractivity contribution >= 4 is 34.2 Å². The van der Waals surface area contributed by atoms with Crippen molar-refractivity contribution in [1.82, 2.24) is 10.2 Å². The van der Waals surface area contributed by atoms with Crippen LogP contribution >= 0.6 is 11.3 Å². The molecule has 7 nitrogen and oxygen atoms in total. The highest BCUT2D eigenvalue weighted by molar-refractivity contribution is 7.13. The number of aliphatic carboxylic acids is 1. The van der Waals surface area contributed by atoms with Crippen LogP contribution in [0, 0.1) is 0 Å². The van der Waals surface area contributed by atoms with Crippen molar-refractivity contribution in [3.8, 4) is 0 Å². The van der Waals surface area contributed by atoms with Crippen LogP contribution in [0.15, 0.2) is 29.8 Å². The molecule has 20 heavy (non-hydrogen) atoms. The van der Waals surface area contributed by atoms with Gasteiger partial charge in [-0.25, -0.2) is 4.79 Å². The lowest BCUT2D eigenvalue weighted by Crippen LogP contribution is -2.35. The van der Waals surface area contributed by atoms with E-state index in [1.54, 1.807) is 24.3 Å². The van der Waals surface area contributed by atoms with E-state index in [0.717, 1.165) is 0 Å². The molecule has 0 aliphatic carbocycles. The number of nitrogens with one attached hydrogen (secondary N) is 1. The average molecular weight is 290 g/mol. The molecule has 1 aliphatic rings. The van der Waals surface area contributed by atoms with E-state index in [4.69, 9.17) is 0 Å². The van der Waals surface area contributed by atoms with Crippen LogP contribution in [0.1, 0.15) is 11.5 Å². The lowest BCUT2D eigenvalue weighted by atomic mass is 10.0. The summed E-state index contributed by atoms with van der Waals surface area (Å²) < 4.78 is 0. The molecule has 2 aromatic rings. The molecule has 3 rings (SSSR count). The zero-order valence-corrected chi connectivity index (χ0v) is 11.0. The van der Waals surface area contributed by atoms with E-state index >= 15 is 0 Å². The minimum atomic E-state index is -0.941. The van der Waals surface area contributed by atoms with Crippen LogP contribution in [0.3, 0.4) is 0 Å². The van der Waals surface area contributed by atoms with Gasteiger partial charge in [-0.15, -0.1) is 10.2 Å². The van der Waals surface area contributed by atoms with Gasteiger partial charge >= 0.3 is 12.0 Å². The molecule has 0 fully saturated rings. The molecule has 1 unspecified atom stereocenters. The number of urea groups is 1. The molecular formula is C12H10N4O3S. The summed E-state index contributed by atoms with van der Waals surface area (Å²) in [4.78, 5) is 24.9. The highest BCUT2D eigenvalue weighted by Gasteiger charge is 2.36. The van der Waals surface area contributed by atoms with Crippen molar-refractivity contribution in [1.29, 1.82) is 0 Å². The molecule has 2 amide bonds. The summed E-state index contributed by atoms with van der Waals surface area (Å²) in [7, 11) is 0. The number of fused-ring (bicyclic) bond motifs is 1. The Bertz CT molecular complexity index is 658. The number of rotatable bonds is 2. The predicted octanol–water partition coefficient (Wildman–Crippen LogP) is 1.76. The molecule has 1 atom stereocenters. The summed E-state index contributed by atoms with van der Waals surface area (Å²) in [5.74, 6) is -1.64. The van der Waals surface area contributed by atoms with Crippen LogP contribution in [-0.4, -0.2) is 33.8 Å². The maximum absolute atomic E-state index is 12.2. The van der Waals surface area contributed by atoms with Gasteiger partial charge in [0.05, 0.1) is 0 Å². The monoisotopic (exact) mass is 290 g/mol. The number of para-hydroxylation sites is 1. The van der Waals surface area contributed by atoms with Crippen molar-refractivity contribution in [3.05, 3.63) is 35.3 Å². The van der Waals surface area contributed by atoms with Gasteiger partial charge in [0.15, 0.2) is 0 Å². The molecule has 1 aliphatic heterocycles. The maximum Gasteiger partial charge on any atom is 0.328 e. The number of anilines is 2. The molecule has 0 spiro atoms. The number of carbonyl (C=O) groups excluding carboxylic acids is 1. The van der Waals surface area contributed by atoms with Crippen molar-refractivity contribution in [3.63, 3.8) is 0 Å². The van der Waals surface area contributed by atoms with Gasteiger partial charge in [-0.2, -0.15) is 0 Å². The number of aromatic nitrogens is 2. The van der Waals surface area contributed by atoms with Crippen LogP contribution in [0.5, 0.6) is 0 Å². The Morgan fingerprint density at radius 2 is 2.20 bits per heavy atom. The normalized spacial score (nSPS) is 16.8. The predicted molar refractivity (Wildman–Crippen MR) is 73.1 cm³/mol. The smallest absolute Gasteiger partial charge is 0.328 e. The fraction of sp³-hybridized carbons (Fsp3) is 0.167. The summed E-state index contributed by atoms with van der Waals surface area (Å²) >= 11 is 1.20. The lowest BCUT2D eigenvalue weighted by molar-refractivity contribution is -0.138. The molecule has 102 valence electrons. The second-order valence-electron chi connectivity index (χ2n) is 4.23. The first kappa shape index (κ1) is 12.5. The van der Waals surface area contributed by atoms with Crippen molar-refractivity contribution in [2.24, 2.45) is 0 Å². The van der Waals surface area contributed by atoms with E-state index in [0.29, 0.717) is 16.4 Å². The fourth-order valence-corrected chi connectivity index (χ4v) is 2.63. The molecule has 8 heteroatoms. The first-order valence-electron chi connectivity index (χ1n) is 5.83. The van der Waals surface area contributed by atoms with Gasteiger partial charge in [0.2, 0.25) is 5.13 Å². The Kier molecular flexibility index (Phi) is 3.07. The minimum absolute atomic E-state index is 0.110. The standard InChI is InChI=1S/C12H10N4O3S/c17-10(18)8-5-16(9-4-2-1-3-7(8)9)12(19)14-11-15-13-6-20-11/h1-4,6,8H,5H2,(H,17,18)(H,14,15,19). The lowest BCUT2D eigenvalue weighted by Gasteiger charge is -2.16. The number of nitrogens with zero attached hydrogens (tertiary/aromatic N) is 3. The second kappa shape index (κ2) is 4.89. The Morgan fingerprint density at radius 1 is 1.40 bits per heavy atom. The van der Waals surface area contributed by atoms with E-state index < -0.39 is 17.9 Å². The van der Waals surface area contributed by atoms with Gasteiger partial charge in [0.25, 0.3) is 0 Å². The van der Waals surface area contributed by atoms with Crippen LogP contribution in [0.25, 0.3) is 0 Å². The van der Waals surface area contributed by atoms with Crippen LogP contribution in [0.2, 0.25) is 0 Å². The number of benzene rings is 1. The van der Waals surface area contributed by atoms with Crippen molar-refractivity contribution in [2.45, 2.75) is 5.92 Å². The van der Waals surface area contributed by atoms with E-state index in [1.807, 2.05) is 0 Å². The van der Waals surface area contributed by atoms with E-state index in [2.05, 4.69) is 15.5 Å². The Morgan fingerprint density at radius 3 is 2.90 bits per heavy atom. The number of hydrogen-bond donors (Lipinski definition) is 2. The Labute approximate surface area is 117 Å². The molecule has 0 bridgehead atoms.